The van der Waals surface area contributed by atoms with Crippen molar-refractivity contribution in [2.75, 3.05) is 0 Å². The highest BCUT2D eigenvalue weighted by molar-refractivity contribution is 6.00. The molecule has 0 aliphatic rings. The van der Waals surface area contributed by atoms with E-state index in [0.717, 1.165) is 12.8 Å². The number of ketones is 1. The molecule has 0 aliphatic carbocycles. The molecule has 4 nitrogen and oxygen atoms in total. The Morgan fingerprint density at radius 2 is 2.06 bits per heavy atom. The van der Waals surface area contributed by atoms with Crippen LogP contribution in [0.1, 0.15) is 37.0 Å². The summed E-state index contributed by atoms with van der Waals surface area (Å²) in [5.41, 5.74) is 1.66. The largest absolute Gasteiger partial charge is 0.417 e. The SMILES string of the molecule is CCC(CC)C(=O)c1ccc2[nH]c(=O)oc2c1. The second-order valence-corrected chi connectivity index (χ2v) is 4.10. The zero-order chi connectivity index (χ0) is 12.4. The van der Waals surface area contributed by atoms with Gasteiger partial charge >= 0.3 is 5.76 Å². The molecule has 1 heterocycles. The summed E-state index contributed by atoms with van der Waals surface area (Å²) in [6, 6.07) is 5.07. The monoisotopic (exact) mass is 233 g/mol. The zero-order valence-electron chi connectivity index (χ0n) is 9.95. The quantitative estimate of drug-likeness (QED) is 0.826. The first-order valence-electron chi connectivity index (χ1n) is 5.82. The van der Waals surface area contributed by atoms with Crippen LogP contribution in [0.2, 0.25) is 0 Å². The van der Waals surface area contributed by atoms with Gasteiger partial charge in [0.1, 0.15) is 0 Å². The molecule has 0 amide bonds. The van der Waals surface area contributed by atoms with Crippen molar-refractivity contribution >= 4 is 16.9 Å². The lowest BCUT2D eigenvalue weighted by molar-refractivity contribution is 0.0913. The van der Waals surface area contributed by atoms with E-state index in [0.29, 0.717) is 16.7 Å². The fraction of sp³-hybridized carbons (Fsp3) is 0.385. The molecule has 0 saturated carbocycles. The lowest BCUT2D eigenvalue weighted by Crippen LogP contribution is -2.12. The number of Topliss-reactive ketones (excluding diaryl/α,β-unsaturated/α-hetero) is 1. The lowest BCUT2D eigenvalue weighted by Gasteiger charge is -2.10. The molecule has 1 aromatic heterocycles. The first kappa shape index (κ1) is 11.6. The third-order valence-electron chi connectivity index (χ3n) is 3.06. The molecule has 0 radical (unpaired) electrons. The number of fused-ring (bicyclic) bond motifs is 1. The summed E-state index contributed by atoms with van der Waals surface area (Å²) >= 11 is 0. The van der Waals surface area contributed by atoms with Gasteiger partial charge in [0.2, 0.25) is 0 Å². The van der Waals surface area contributed by atoms with Gasteiger partial charge in [0.15, 0.2) is 11.4 Å². The highest BCUT2D eigenvalue weighted by atomic mass is 16.4. The van der Waals surface area contributed by atoms with Gasteiger partial charge in [-0.15, -0.1) is 0 Å². The van der Waals surface area contributed by atoms with E-state index in [1.54, 1.807) is 18.2 Å². The predicted molar refractivity (Wildman–Crippen MR) is 65.2 cm³/mol. The highest BCUT2D eigenvalue weighted by Crippen LogP contribution is 2.19. The van der Waals surface area contributed by atoms with Crippen molar-refractivity contribution in [1.29, 1.82) is 0 Å². The predicted octanol–water partition coefficient (Wildman–Crippen LogP) is 2.74. The van der Waals surface area contributed by atoms with E-state index in [-0.39, 0.29) is 11.7 Å². The summed E-state index contributed by atoms with van der Waals surface area (Å²) in [6.45, 7) is 4.00. The van der Waals surface area contributed by atoms with Crippen molar-refractivity contribution in [3.8, 4) is 0 Å². The van der Waals surface area contributed by atoms with Crippen LogP contribution < -0.4 is 5.76 Å². The molecule has 1 N–H and O–H groups in total. The third kappa shape index (κ3) is 2.16. The van der Waals surface area contributed by atoms with E-state index < -0.39 is 5.76 Å². The van der Waals surface area contributed by atoms with Crippen LogP contribution >= 0.6 is 0 Å². The number of oxazole rings is 1. The molecule has 0 spiro atoms. The highest BCUT2D eigenvalue weighted by Gasteiger charge is 2.17. The van der Waals surface area contributed by atoms with Crippen molar-refractivity contribution in [1.82, 2.24) is 4.98 Å². The number of hydrogen-bond donors (Lipinski definition) is 1. The van der Waals surface area contributed by atoms with Crippen LogP contribution in [0.5, 0.6) is 0 Å². The van der Waals surface area contributed by atoms with Crippen molar-refractivity contribution in [3.05, 3.63) is 34.3 Å². The Balaban J connectivity index is 2.42. The van der Waals surface area contributed by atoms with Crippen molar-refractivity contribution in [2.45, 2.75) is 26.7 Å². The summed E-state index contributed by atoms with van der Waals surface area (Å²) in [5.74, 6) is -0.342. The summed E-state index contributed by atoms with van der Waals surface area (Å²) in [7, 11) is 0. The maximum atomic E-state index is 12.1. The first-order chi connectivity index (χ1) is 8.15. The molecule has 2 rings (SSSR count). The molecule has 4 heteroatoms. The molecule has 17 heavy (non-hydrogen) atoms. The number of benzene rings is 1. The third-order valence-corrected chi connectivity index (χ3v) is 3.06. The molecule has 1 aromatic carbocycles. The van der Waals surface area contributed by atoms with Crippen LogP contribution in [-0.2, 0) is 0 Å². The van der Waals surface area contributed by atoms with Gasteiger partial charge in [-0.3, -0.25) is 9.78 Å². The first-order valence-corrected chi connectivity index (χ1v) is 5.82. The average Bonchev–Trinajstić information content (AvgIpc) is 2.69. The molecule has 0 atom stereocenters. The van der Waals surface area contributed by atoms with E-state index in [4.69, 9.17) is 4.42 Å². The smallest absolute Gasteiger partial charge is 0.408 e. The van der Waals surface area contributed by atoms with E-state index in [9.17, 15) is 9.59 Å². The van der Waals surface area contributed by atoms with Crippen LogP contribution in [-0.4, -0.2) is 10.8 Å². The summed E-state index contributed by atoms with van der Waals surface area (Å²) < 4.78 is 4.94. The second kappa shape index (κ2) is 4.57. The number of hydrogen-bond acceptors (Lipinski definition) is 3. The summed E-state index contributed by atoms with van der Waals surface area (Å²) in [6.07, 6.45) is 1.65. The number of aromatic amines is 1. The molecular formula is C13H15NO3. The van der Waals surface area contributed by atoms with Gasteiger partial charge in [-0.25, -0.2) is 4.79 Å². The number of rotatable bonds is 4. The molecule has 2 aromatic rings. The Hall–Kier alpha value is -1.84. The Morgan fingerprint density at radius 1 is 1.35 bits per heavy atom. The van der Waals surface area contributed by atoms with Gasteiger partial charge in [0.25, 0.3) is 0 Å². The minimum absolute atomic E-state index is 0.0399. The van der Waals surface area contributed by atoms with E-state index in [2.05, 4.69) is 4.98 Å². The number of H-pyrrole nitrogens is 1. The van der Waals surface area contributed by atoms with Crippen molar-refractivity contribution in [3.63, 3.8) is 0 Å². The molecule has 0 unspecified atom stereocenters. The topological polar surface area (TPSA) is 63.1 Å². The van der Waals surface area contributed by atoms with Gasteiger partial charge in [-0.2, -0.15) is 0 Å². The van der Waals surface area contributed by atoms with Gasteiger partial charge in [0, 0.05) is 11.5 Å². The molecule has 90 valence electrons. The maximum Gasteiger partial charge on any atom is 0.417 e. The van der Waals surface area contributed by atoms with Crippen LogP contribution in [0.15, 0.2) is 27.4 Å². The molecule has 0 aliphatic heterocycles. The van der Waals surface area contributed by atoms with Crippen LogP contribution in [0.25, 0.3) is 11.1 Å². The number of carbonyl (C=O) groups is 1. The molecule has 0 bridgehead atoms. The second-order valence-electron chi connectivity index (χ2n) is 4.10. The Kier molecular flexibility index (Phi) is 3.13. The Labute approximate surface area is 98.6 Å². The lowest BCUT2D eigenvalue weighted by atomic mass is 9.93. The van der Waals surface area contributed by atoms with Crippen molar-refractivity contribution < 1.29 is 9.21 Å². The van der Waals surface area contributed by atoms with E-state index >= 15 is 0 Å². The fourth-order valence-corrected chi connectivity index (χ4v) is 1.99. The average molecular weight is 233 g/mol. The van der Waals surface area contributed by atoms with Gasteiger partial charge < -0.3 is 4.42 Å². The van der Waals surface area contributed by atoms with Crippen molar-refractivity contribution in [2.24, 2.45) is 5.92 Å². The van der Waals surface area contributed by atoms with E-state index in [1.807, 2.05) is 13.8 Å². The number of aromatic nitrogens is 1. The van der Waals surface area contributed by atoms with Crippen LogP contribution in [0.3, 0.4) is 0 Å². The van der Waals surface area contributed by atoms with Crippen LogP contribution in [0, 0.1) is 5.92 Å². The number of carbonyl (C=O) groups excluding carboxylic acids is 1. The van der Waals surface area contributed by atoms with Gasteiger partial charge in [-0.05, 0) is 31.0 Å². The van der Waals surface area contributed by atoms with Crippen LogP contribution in [0.4, 0.5) is 0 Å². The maximum absolute atomic E-state index is 12.1. The minimum Gasteiger partial charge on any atom is -0.408 e. The normalized spacial score (nSPS) is 11.2. The number of nitrogens with one attached hydrogen (secondary N) is 1. The Morgan fingerprint density at radius 3 is 2.71 bits per heavy atom. The van der Waals surface area contributed by atoms with E-state index in [1.165, 1.54) is 0 Å². The Bertz CT molecular complexity index is 590. The molecular weight excluding hydrogens is 218 g/mol. The van der Waals surface area contributed by atoms with Gasteiger partial charge in [-0.1, -0.05) is 13.8 Å². The summed E-state index contributed by atoms with van der Waals surface area (Å²) in [4.78, 5) is 25.7. The van der Waals surface area contributed by atoms with Gasteiger partial charge in [0.05, 0.1) is 5.52 Å². The summed E-state index contributed by atoms with van der Waals surface area (Å²) in [5, 5.41) is 0. The molecule has 0 fully saturated rings. The standard InChI is InChI=1S/C13H15NO3/c1-3-8(4-2)12(15)9-5-6-10-11(7-9)17-13(16)14-10/h5-8H,3-4H2,1-2H3,(H,14,16). The fourth-order valence-electron chi connectivity index (χ4n) is 1.99. The zero-order valence-corrected chi connectivity index (χ0v) is 9.95. The molecule has 0 saturated heterocycles. The minimum atomic E-state index is -0.493.